The topological polar surface area (TPSA) is 23.5 Å². The first kappa shape index (κ1) is 14.1. The van der Waals surface area contributed by atoms with Crippen LogP contribution in [0.3, 0.4) is 0 Å². The molecule has 0 unspecified atom stereocenters. The molecular formula is C17H23NO. The first-order valence-electron chi connectivity index (χ1n) is 7.26. The molecule has 102 valence electrons. The van der Waals surface area contributed by atoms with Crippen molar-refractivity contribution in [1.29, 1.82) is 0 Å². The second kappa shape index (κ2) is 7.33. The normalized spacial score (nSPS) is 15.5. The molecule has 19 heavy (non-hydrogen) atoms. The monoisotopic (exact) mass is 257 g/mol. The number of hydrogen-bond donors (Lipinski definition) is 1. The third-order valence-electron chi connectivity index (χ3n) is 3.90. The van der Waals surface area contributed by atoms with Crippen LogP contribution in [0.1, 0.15) is 43.7 Å². The first-order chi connectivity index (χ1) is 9.33. The molecule has 0 heterocycles. The maximum Gasteiger partial charge on any atom is 0.104 e. The summed E-state index contributed by atoms with van der Waals surface area (Å²) < 4.78 is 0. The Kier molecular flexibility index (Phi) is 5.44. The summed E-state index contributed by atoms with van der Waals surface area (Å²) in [5.74, 6) is 5.61. The fraction of sp³-hybridized carbons (Fsp3) is 0.529. The average Bonchev–Trinajstić information content (AvgIpc) is 2.98. The summed E-state index contributed by atoms with van der Waals surface area (Å²) in [4.78, 5) is 2.58. The highest BCUT2D eigenvalue weighted by Crippen LogP contribution is 2.24. The Balaban J connectivity index is 1.97. The van der Waals surface area contributed by atoms with Crippen LogP contribution in [0.4, 0.5) is 0 Å². The number of aliphatic hydroxyl groups excluding tert-OH is 1. The Morgan fingerprint density at radius 1 is 1.21 bits per heavy atom. The van der Waals surface area contributed by atoms with Gasteiger partial charge in [0.2, 0.25) is 0 Å². The molecule has 1 aliphatic rings. The van der Waals surface area contributed by atoms with Gasteiger partial charge in [0.1, 0.15) is 6.61 Å². The van der Waals surface area contributed by atoms with Crippen LogP contribution in [0, 0.1) is 11.8 Å². The lowest BCUT2D eigenvalue weighted by Crippen LogP contribution is -2.32. The van der Waals surface area contributed by atoms with Crippen LogP contribution < -0.4 is 0 Å². The fourth-order valence-electron chi connectivity index (χ4n) is 2.84. The smallest absolute Gasteiger partial charge is 0.104 e. The lowest BCUT2D eigenvalue weighted by Gasteiger charge is -2.27. The molecule has 1 fully saturated rings. The maximum absolute atomic E-state index is 8.67. The largest absolute Gasteiger partial charge is 0.384 e. The van der Waals surface area contributed by atoms with E-state index in [9.17, 15) is 0 Å². The van der Waals surface area contributed by atoms with E-state index in [0.29, 0.717) is 0 Å². The molecule has 1 aromatic rings. The highest BCUT2D eigenvalue weighted by Gasteiger charge is 2.21. The van der Waals surface area contributed by atoms with Crippen molar-refractivity contribution in [2.75, 3.05) is 13.2 Å². The fourth-order valence-corrected chi connectivity index (χ4v) is 2.84. The quantitative estimate of drug-likeness (QED) is 0.838. The third-order valence-corrected chi connectivity index (χ3v) is 3.90. The van der Waals surface area contributed by atoms with Gasteiger partial charge >= 0.3 is 0 Å². The van der Waals surface area contributed by atoms with Crippen LogP contribution in [0.25, 0.3) is 0 Å². The zero-order valence-corrected chi connectivity index (χ0v) is 11.7. The van der Waals surface area contributed by atoms with Gasteiger partial charge in [0, 0.05) is 18.2 Å². The predicted molar refractivity (Wildman–Crippen MR) is 78.7 cm³/mol. The van der Waals surface area contributed by atoms with Crippen molar-refractivity contribution >= 4 is 0 Å². The summed E-state index contributed by atoms with van der Waals surface area (Å²) in [5.41, 5.74) is 2.32. The van der Waals surface area contributed by atoms with Gasteiger partial charge in [-0.15, -0.1) is 0 Å². The Hall–Kier alpha value is -1.30. The number of benzene rings is 1. The summed E-state index contributed by atoms with van der Waals surface area (Å²) in [5, 5.41) is 8.67. The molecule has 1 aliphatic carbocycles. The summed E-state index contributed by atoms with van der Waals surface area (Å²) in [6.45, 7) is 4.33. The van der Waals surface area contributed by atoms with Gasteiger partial charge in [0.05, 0.1) is 0 Å². The SMILES string of the molecule is CCN(Cc1ccc(C#CCO)cc1)C1CCCC1. The molecule has 0 atom stereocenters. The minimum atomic E-state index is -0.0763. The molecule has 1 saturated carbocycles. The van der Waals surface area contributed by atoms with Gasteiger partial charge in [-0.1, -0.05) is 43.7 Å². The number of hydrogen-bond acceptors (Lipinski definition) is 2. The van der Waals surface area contributed by atoms with Crippen LogP contribution in [0.2, 0.25) is 0 Å². The molecule has 0 amide bonds. The lowest BCUT2D eigenvalue weighted by atomic mass is 10.1. The Labute approximate surface area is 116 Å². The van der Waals surface area contributed by atoms with Gasteiger partial charge in [-0.3, -0.25) is 4.90 Å². The van der Waals surface area contributed by atoms with Gasteiger partial charge in [-0.05, 0) is 37.1 Å². The number of aliphatic hydroxyl groups is 1. The highest BCUT2D eigenvalue weighted by atomic mass is 16.2. The van der Waals surface area contributed by atoms with Crippen molar-refractivity contribution in [3.05, 3.63) is 35.4 Å². The molecule has 1 N–H and O–H groups in total. The molecule has 0 spiro atoms. The van der Waals surface area contributed by atoms with E-state index in [2.05, 4.69) is 35.8 Å². The molecule has 0 bridgehead atoms. The number of nitrogens with zero attached hydrogens (tertiary/aromatic N) is 1. The summed E-state index contributed by atoms with van der Waals surface area (Å²) in [6, 6.07) is 9.16. The molecule has 0 saturated heterocycles. The van der Waals surface area contributed by atoms with Gasteiger partial charge < -0.3 is 5.11 Å². The standard InChI is InChI=1S/C17H23NO/c1-2-18(17-7-3-4-8-17)14-16-11-9-15(10-12-16)6-5-13-19/h9-12,17,19H,2-4,7-8,13-14H2,1H3. The van der Waals surface area contributed by atoms with Crippen molar-refractivity contribution in [2.24, 2.45) is 0 Å². The van der Waals surface area contributed by atoms with Crippen molar-refractivity contribution in [1.82, 2.24) is 4.90 Å². The van der Waals surface area contributed by atoms with Gasteiger partial charge in [0.25, 0.3) is 0 Å². The summed E-state index contributed by atoms with van der Waals surface area (Å²) in [6.07, 6.45) is 5.48. The van der Waals surface area contributed by atoms with Gasteiger partial charge in [0.15, 0.2) is 0 Å². The van der Waals surface area contributed by atoms with Gasteiger partial charge in [-0.25, -0.2) is 0 Å². The second-order valence-electron chi connectivity index (χ2n) is 5.16. The van der Waals surface area contributed by atoms with Crippen molar-refractivity contribution in [3.8, 4) is 11.8 Å². The van der Waals surface area contributed by atoms with E-state index in [1.165, 1.54) is 31.2 Å². The molecule has 2 rings (SSSR count). The van der Waals surface area contributed by atoms with Crippen LogP contribution in [0.15, 0.2) is 24.3 Å². The zero-order chi connectivity index (χ0) is 13.5. The minimum Gasteiger partial charge on any atom is -0.384 e. The molecule has 1 aromatic carbocycles. The Morgan fingerprint density at radius 3 is 2.47 bits per heavy atom. The molecule has 2 heteroatoms. The average molecular weight is 257 g/mol. The molecule has 0 aliphatic heterocycles. The zero-order valence-electron chi connectivity index (χ0n) is 11.7. The Bertz CT molecular complexity index is 435. The predicted octanol–water partition coefficient (Wildman–Crippen LogP) is 2.79. The van der Waals surface area contributed by atoms with E-state index in [4.69, 9.17) is 5.11 Å². The van der Waals surface area contributed by atoms with Crippen LogP contribution in [0.5, 0.6) is 0 Å². The van der Waals surface area contributed by atoms with Crippen molar-refractivity contribution in [3.63, 3.8) is 0 Å². The molecular weight excluding hydrogens is 234 g/mol. The van der Waals surface area contributed by atoms with E-state index in [1.54, 1.807) is 0 Å². The minimum absolute atomic E-state index is 0.0763. The Morgan fingerprint density at radius 2 is 1.89 bits per heavy atom. The lowest BCUT2D eigenvalue weighted by molar-refractivity contribution is 0.200. The first-order valence-corrected chi connectivity index (χ1v) is 7.26. The van der Waals surface area contributed by atoms with Crippen LogP contribution in [-0.2, 0) is 6.54 Å². The van der Waals surface area contributed by atoms with Gasteiger partial charge in [-0.2, -0.15) is 0 Å². The van der Waals surface area contributed by atoms with Crippen LogP contribution in [-0.4, -0.2) is 29.2 Å². The van der Waals surface area contributed by atoms with Crippen molar-refractivity contribution < 1.29 is 5.11 Å². The van der Waals surface area contributed by atoms with E-state index >= 15 is 0 Å². The molecule has 2 nitrogen and oxygen atoms in total. The second-order valence-corrected chi connectivity index (χ2v) is 5.16. The van der Waals surface area contributed by atoms with E-state index in [0.717, 1.165) is 24.7 Å². The maximum atomic E-state index is 8.67. The molecule has 0 aromatic heterocycles. The molecule has 0 radical (unpaired) electrons. The van der Waals surface area contributed by atoms with E-state index in [1.807, 2.05) is 12.1 Å². The van der Waals surface area contributed by atoms with Crippen LogP contribution >= 0.6 is 0 Å². The van der Waals surface area contributed by atoms with E-state index < -0.39 is 0 Å². The van der Waals surface area contributed by atoms with E-state index in [-0.39, 0.29) is 6.61 Å². The summed E-state index contributed by atoms with van der Waals surface area (Å²) >= 11 is 0. The third kappa shape index (κ3) is 4.09. The van der Waals surface area contributed by atoms with Crippen molar-refractivity contribution in [2.45, 2.75) is 45.2 Å². The highest BCUT2D eigenvalue weighted by molar-refractivity contribution is 5.36. The number of rotatable bonds is 4. The summed E-state index contributed by atoms with van der Waals surface area (Å²) in [7, 11) is 0.